The summed E-state index contributed by atoms with van der Waals surface area (Å²) in [5.41, 5.74) is 2.69. The van der Waals surface area contributed by atoms with Gasteiger partial charge in [-0.1, -0.05) is 0 Å². The maximum Gasteiger partial charge on any atom is 0.126 e. The zero-order valence-corrected chi connectivity index (χ0v) is 10.9. The number of halogens is 1. The number of benzene rings is 1. The fourth-order valence-electron chi connectivity index (χ4n) is 1.88. The number of imidazole rings is 1. The Bertz CT molecular complexity index is 532. The van der Waals surface area contributed by atoms with Crippen LogP contribution in [-0.4, -0.2) is 9.55 Å². The number of rotatable bonds is 4. The zero-order valence-electron chi connectivity index (χ0n) is 10.9. The normalized spacial score (nSPS) is 10.9. The quantitative estimate of drug-likeness (QED) is 0.895. The van der Waals surface area contributed by atoms with Gasteiger partial charge >= 0.3 is 0 Å². The van der Waals surface area contributed by atoms with E-state index in [0.717, 1.165) is 11.4 Å². The lowest BCUT2D eigenvalue weighted by molar-refractivity contribution is 0.577. The third-order valence-electron chi connectivity index (χ3n) is 2.93. The highest BCUT2D eigenvalue weighted by atomic mass is 19.1. The van der Waals surface area contributed by atoms with E-state index in [4.69, 9.17) is 0 Å². The molecule has 0 spiro atoms. The first-order chi connectivity index (χ1) is 8.58. The minimum atomic E-state index is -0.173. The molecule has 18 heavy (non-hydrogen) atoms. The highest BCUT2D eigenvalue weighted by molar-refractivity contribution is 5.46. The summed E-state index contributed by atoms with van der Waals surface area (Å²) in [4.78, 5) is 4.15. The minimum absolute atomic E-state index is 0.173. The second-order valence-corrected chi connectivity index (χ2v) is 4.70. The molecule has 0 aliphatic carbocycles. The first kappa shape index (κ1) is 12.6. The van der Waals surface area contributed by atoms with Crippen LogP contribution in [0.15, 0.2) is 30.7 Å². The van der Waals surface area contributed by atoms with Crippen molar-refractivity contribution in [1.82, 2.24) is 9.55 Å². The largest absolute Gasteiger partial charge is 0.379 e. The van der Waals surface area contributed by atoms with E-state index in [2.05, 4.69) is 28.7 Å². The lowest BCUT2D eigenvalue weighted by Gasteiger charge is -2.13. The highest BCUT2D eigenvalue weighted by Gasteiger charge is 2.05. The van der Waals surface area contributed by atoms with Gasteiger partial charge in [-0.25, -0.2) is 9.37 Å². The van der Waals surface area contributed by atoms with Crippen LogP contribution in [0.1, 0.15) is 31.1 Å². The predicted octanol–water partition coefficient (Wildman–Crippen LogP) is 3.52. The van der Waals surface area contributed by atoms with Gasteiger partial charge in [-0.3, -0.25) is 0 Å². The summed E-state index contributed by atoms with van der Waals surface area (Å²) in [5.74, 6) is -0.173. The topological polar surface area (TPSA) is 29.9 Å². The number of nitrogens with zero attached hydrogens (tertiary/aromatic N) is 2. The second-order valence-electron chi connectivity index (χ2n) is 4.70. The molecule has 3 nitrogen and oxygen atoms in total. The van der Waals surface area contributed by atoms with Gasteiger partial charge in [0.15, 0.2) is 0 Å². The van der Waals surface area contributed by atoms with Crippen LogP contribution >= 0.6 is 0 Å². The van der Waals surface area contributed by atoms with E-state index in [1.807, 2.05) is 18.6 Å². The minimum Gasteiger partial charge on any atom is -0.379 e. The third kappa shape index (κ3) is 2.70. The molecule has 0 bridgehead atoms. The number of hydrogen-bond acceptors (Lipinski definition) is 2. The van der Waals surface area contributed by atoms with Crippen molar-refractivity contribution in [2.24, 2.45) is 0 Å². The Labute approximate surface area is 107 Å². The van der Waals surface area contributed by atoms with E-state index >= 15 is 0 Å². The second kappa shape index (κ2) is 5.21. The molecule has 0 aliphatic rings. The molecule has 4 heteroatoms. The first-order valence-corrected chi connectivity index (χ1v) is 6.08. The maximum atomic E-state index is 13.1. The van der Waals surface area contributed by atoms with E-state index in [1.165, 1.54) is 6.07 Å². The lowest BCUT2D eigenvalue weighted by atomic mass is 10.2. The van der Waals surface area contributed by atoms with E-state index in [-0.39, 0.29) is 5.82 Å². The molecule has 0 atom stereocenters. The van der Waals surface area contributed by atoms with E-state index in [0.29, 0.717) is 18.2 Å². The molecule has 0 aliphatic heterocycles. The molecule has 1 N–H and O–H groups in total. The van der Waals surface area contributed by atoms with Crippen LogP contribution in [-0.2, 0) is 6.54 Å². The van der Waals surface area contributed by atoms with Gasteiger partial charge in [0.1, 0.15) is 5.82 Å². The summed E-state index contributed by atoms with van der Waals surface area (Å²) in [6, 6.07) is 5.43. The molecule has 2 aromatic rings. The van der Waals surface area contributed by atoms with E-state index in [1.54, 1.807) is 13.0 Å². The number of nitrogens with one attached hydrogen (secondary N) is 1. The average molecular weight is 247 g/mol. The van der Waals surface area contributed by atoms with Crippen LogP contribution < -0.4 is 5.32 Å². The Morgan fingerprint density at radius 1 is 1.39 bits per heavy atom. The van der Waals surface area contributed by atoms with Gasteiger partial charge in [0, 0.05) is 17.9 Å². The average Bonchev–Trinajstić information content (AvgIpc) is 2.79. The van der Waals surface area contributed by atoms with E-state index < -0.39 is 0 Å². The third-order valence-corrected chi connectivity index (χ3v) is 2.93. The number of hydrogen-bond donors (Lipinski definition) is 1. The highest BCUT2D eigenvalue weighted by Crippen LogP contribution is 2.15. The van der Waals surface area contributed by atoms with Crippen LogP contribution in [0.4, 0.5) is 10.1 Å². The molecule has 0 saturated heterocycles. The van der Waals surface area contributed by atoms with Crippen molar-refractivity contribution in [3.8, 4) is 0 Å². The van der Waals surface area contributed by atoms with Crippen LogP contribution in [0.2, 0.25) is 0 Å². The van der Waals surface area contributed by atoms with Crippen molar-refractivity contribution >= 4 is 5.69 Å². The Kier molecular flexibility index (Phi) is 3.65. The molecule has 96 valence electrons. The maximum absolute atomic E-state index is 13.1. The molecule has 0 saturated carbocycles. The van der Waals surface area contributed by atoms with Crippen LogP contribution in [0.25, 0.3) is 0 Å². The van der Waals surface area contributed by atoms with E-state index in [9.17, 15) is 4.39 Å². The fraction of sp³-hybridized carbons (Fsp3) is 0.357. The fourth-order valence-corrected chi connectivity index (χ4v) is 1.88. The molecular formula is C14H18FN3. The summed E-state index contributed by atoms with van der Waals surface area (Å²) in [7, 11) is 0. The Morgan fingerprint density at radius 3 is 2.83 bits per heavy atom. The van der Waals surface area contributed by atoms with Crippen molar-refractivity contribution < 1.29 is 4.39 Å². The predicted molar refractivity (Wildman–Crippen MR) is 71.1 cm³/mol. The van der Waals surface area contributed by atoms with Crippen molar-refractivity contribution in [1.29, 1.82) is 0 Å². The van der Waals surface area contributed by atoms with Gasteiger partial charge in [0.2, 0.25) is 0 Å². The number of aromatic nitrogens is 2. The Morgan fingerprint density at radius 2 is 2.17 bits per heavy atom. The molecule has 0 amide bonds. The molecule has 1 aromatic heterocycles. The van der Waals surface area contributed by atoms with Crippen molar-refractivity contribution in [3.63, 3.8) is 0 Å². The number of anilines is 1. The molecule has 2 rings (SSSR count). The van der Waals surface area contributed by atoms with Gasteiger partial charge < -0.3 is 9.88 Å². The molecule has 1 heterocycles. The summed E-state index contributed by atoms with van der Waals surface area (Å²) in [6.45, 7) is 6.68. The summed E-state index contributed by atoms with van der Waals surface area (Å²) in [5, 5.41) is 3.28. The van der Waals surface area contributed by atoms with Gasteiger partial charge in [-0.05, 0) is 44.5 Å². The van der Waals surface area contributed by atoms with Crippen LogP contribution in [0.3, 0.4) is 0 Å². The SMILES string of the molecule is Cc1cc(NCc2cncn2C(C)C)ccc1F. The summed E-state index contributed by atoms with van der Waals surface area (Å²) in [6.07, 6.45) is 3.68. The lowest BCUT2D eigenvalue weighted by Crippen LogP contribution is -2.08. The molecule has 0 unspecified atom stereocenters. The van der Waals surface area contributed by atoms with Crippen LogP contribution in [0, 0.1) is 12.7 Å². The van der Waals surface area contributed by atoms with Crippen LogP contribution in [0.5, 0.6) is 0 Å². The summed E-state index contributed by atoms with van der Waals surface area (Å²) >= 11 is 0. The molecule has 0 radical (unpaired) electrons. The molecular weight excluding hydrogens is 229 g/mol. The van der Waals surface area contributed by atoms with Gasteiger partial charge in [0.25, 0.3) is 0 Å². The smallest absolute Gasteiger partial charge is 0.126 e. The van der Waals surface area contributed by atoms with Crippen molar-refractivity contribution in [2.45, 2.75) is 33.4 Å². The standard InChI is InChI=1S/C14H18FN3/c1-10(2)18-9-16-7-13(18)8-17-12-4-5-14(15)11(3)6-12/h4-7,9-10,17H,8H2,1-3H3. The molecule has 0 fully saturated rings. The Hall–Kier alpha value is -1.84. The summed E-state index contributed by atoms with van der Waals surface area (Å²) < 4.78 is 15.3. The van der Waals surface area contributed by atoms with Gasteiger partial charge in [0.05, 0.1) is 18.6 Å². The van der Waals surface area contributed by atoms with Crippen molar-refractivity contribution in [2.75, 3.05) is 5.32 Å². The van der Waals surface area contributed by atoms with Crippen molar-refractivity contribution in [3.05, 3.63) is 47.8 Å². The number of aryl methyl sites for hydroxylation is 1. The Balaban J connectivity index is 2.07. The van der Waals surface area contributed by atoms with Gasteiger partial charge in [-0.2, -0.15) is 0 Å². The van der Waals surface area contributed by atoms with Gasteiger partial charge in [-0.15, -0.1) is 0 Å². The zero-order chi connectivity index (χ0) is 13.1. The first-order valence-electron chi connectivity index (χ1n) is 6.08. The molecule has 1 aromatic carbocycles. The monoisotopic (exact) mass is 247 g/mol.